The van der Waals surface area contributed by atoms with Gasteiger partial charge < -0.3 is 14.8 Å². The van der Waals surface area contributed by atoms with Crippen LogP contribution in [0.1, 0.15) is 12.7 Å². The number of para-hydroxylation sites is 1. The topological polar surface area (TPSA) is 113 Å². The van der Waals surface area contributed by atoms with Gasteiger partial charge in [-0.15, -0.1) is 0 Å². The molecule has 0 spiro atoms. The van der Waals surface area contributed by atoms with Gasteiger partial charge in [0.25, 0.3) is 15.9 Å². The van der Waals surface area contributed by atoms with Gasteiger partial charge in [0.2, 0.25) is 0 Å². The third-order valence-electron chi connectivity index (χ3n) is 3.77. The average molecular weight is 379 g/mol. The highest BCUT2D eigenvalue weighted by molar-refractivity contribution is 7.92. The predicted octanol–water partition coefficient (Wildman–Crippen LogP) is 2.15. The molecule has 3 aromatic rings. The maximum Gasteiger partial charge on any atom is 0.274 e. The van der Waals surface area contributed by atoms with E-state index in [-0.39, 0.29) is 22.5 Å². The van der Waals surface area contributed by atoms with E-state index in [4.69, 9.17) is 4.52 Å². The van der Waals surface area contributed by atoms with E-state index in [1.165, 1.54) is 36.5 Å². The Balaban J connectivity index is 1.80. The van der Waals surface area contributed by atoms with Crippen molar-refractivity contribution in [2.45, 2.75) is 24.3 Å². The zero-order valence-electron chi connectivity index (χ0n) is 14.2. The van der Waals surface area contributed by atoms with Crippen LogP contribution < -0.4 is 10.0 Å². The smallest absolute Gasteiger partial charge is 0.274 e. The fourth-order valence-corrected chi connectivity index (χ4v) is 3.28. The second-order valence-electron chi connectivity index (χ2n) is 5.74. The number of rotatable bonds is 7. The normalized spacial score (nSPS) is 12.9. The molecule has 8 nitrogen and oxygen atoms in total. The van der Waals surface area contributed by atoms with E-state index in [0.29, 0.717) is 17.9 Å². The number of hydrogen-bond donors (Lipinski definition) is 3. The van der Waals surface area contributed by atoms with Gasteiger partial charge in [-0.05, 0) is 32.2 Å². The number of sulfonamides is 1. The van der Waals surface area contributed by atoms with E-state index in [2.05, 4.69) is 25.2 Å². The van der Waals surface area contributed by atoms with Crippen LogP contribution in [0, 0.1) is 5.82 Å². The van der Waals surface area contributed by atoms with Crippen LogP contribution in [0.25, 0.3) is 11.6 Å². The van der Waals surface area contributed by atoms with Crippen LogP contribution in [0.15, 0.2) is 45.9 Å². The van der Waals surface area contributed by atoms with Crippen molar-refractivity contribution >= 4 is 15.7 Å². The third kappa shape index (κ3) is 3.92. The number of aromatic amines is 1. The number of nitrogens with one attached hydrogen (secondary N) is 3. The van der Waals surface area contributed by atoms with Crippen LogP contribution >= 0.6 is 0 Å². The maximum atomic E-state index is 13.7. The molecule has 26 heavy (non-hydrogen) atoms. The maximum absolute atomic E-state index is 13.7. The SMILES string of the molecule is CNC(C)Cc1noc(-c2cc(S(=O)(=O)Nc3ccccc3F)c[nH]2)n1. The molecular formula is C16H18FN5O3S. The van der Waals surface area contributed by atoms with Gasteiger partial charge in [0, 0.05) is 18.7 Å². The number of anilines is 1. The standard InChI is InChI=1S/C16H18FN5O3S/c1-10(18-2)7-15-20-16(25-21-15)14-8-11(9-19-14)26(23,24)22-13-6-4-3-5-12(13)17/h3-6,8-10,18-19,22H,7H2,1-2H3. The van der Waals surface area contributed by atoms with E-state index in [1.807, 2.05) is 14.0 Å². The zero-order chi connectivity index (χ0) is 18.7. The molecule has 0 aliphatic carbocycles. The minimum atomic E-state index is -3.96. The molecule has 10 heteroatoms. The van der Waals surface area contributed by atoms with Gasteiger partial charge in [-0.1, -0.05) is 17.3 Å². The van der Waals surface area contributed by atoms with E-state index in [9.17, 15) is 12.8 Å². The van der Waals surface area contributed by atoms with Gasteiger partial charge in [-0.3, -0.25) is 4.72 Å². The number of nitrogens with zero attached hydrogens (tertiary/aromatic N) is 2. The van der Waals surface area contributed by atoms with Gasteiger partial charge in [-0.25, -0.2) is 12.8 Å². The van der Waals surface area contributed by atoms with Crippen LogP contribution in [0.4, 0.5) is 10.1 Å². The number of aromatic nitrogens is 3. The molecule has 0 bridgehead atoms. The molecular weight excluding hydrogens is 361 g/mol. The van der Waals surface area contributed by atoms with Gasteiger partial charge in [0.05, 0.1) is 5.69 Å². The quantitative estimate of drug-likeness (QED) is 0.580. The molecule has 0 radical (unpaired) electrons. The zero-order valence-corrected chi connectivity index (χ0v) is 15.0. The van der Waals surface area contributed by atoms with Crippen molar-refractivity contribution in [3.8, 4) is 11.6 Å². The Morgan fingerprint density at radius 2 is 2.12 bits per heavy atom. The molecule has 0 aliphatic rings. The van der Waals surface area contributed by atoms with Crippen molar-refractivity contribution < 1.29 is 17.3 Å². The molecule has 0 amide bonds. The van der Waals surface area contributed by atoms with Gasteiger partial charge in [0.15, 0.2) is 5.82 Å². The van der Waals surface area contributed by atoms with E-state index >= 15 is 0 Å². The molecule has 3 rings (SSSR count). The lowest BCUT2D eigenvalue weighted by molar-refractivity contribution is 0.417. The summed E-state index contributed by atoms with van der Waals surface area (Å²) in [5.41, 5.74) is 0.228. The Kier molecular flexibility index (Phi) is 5.05. The van der Waals surface area contributed by atoms with Crippen molar-refractivity contribution in [1.29, 1.82) is 0 Å². The number of halogens is 1. The molecule has 1 unspecified atom stereocenters. The predicted molar refractivity (Wildman–Crippen MR) is 93.5 cm³/mol. The molecule has 3 N–H and O–H groups in total. The van der Waals surface area contributed by atoms with E-state index in [0.717, 1.165) is 0 Å². The molecule has 0 saturated heterocycles. The fraction of sp³-hybridized carbons (Fsp3) is 0.250. The first-order valence-electron chi connectivity index (χ1n) is 7.85. The lowest BCUT2D eigenvalue weighted by Crippen LogP contribution is -2.24. The average Bonchev–Trinajstić information content (AvgIpc) is 3.26. The van der Waals surface area contributed by atoms with Crippen molar-refractivity contribution in [2.24, 2.45) is 0 Å². The van der Waals surface area contributed by atoms with Gasteiger partial charge in [-0.2, -0.15) is 4.98 Å². The molecule has 1 aromatic carbocycles. The van der Waals surface area contributed by atoms with Crippen molar-refractivity contribution in [1.82, 2.24) is 20.4 Å². The van der Waals surface area contributed by atoms with Crippen LogP contribution in [-0.2, 0) is 16.4 Å². The molecule has 2 aromatic heterocycles. The second kappa shape index (κ2) is 7.26. The minimum absolute atomic E-state index is 0.0703. The molecule has 138 valence electrons. The number of hydrogen-bond acceptors (Lipinski definition) is 6. The molecule has 2 heterocycles. The highest BCUT2D eigenvalue weighted by atomic mass is 32.2. The molecule has 1 atom stereocenters. The van der Waals surface area contributed by atoms with Gasteiger partial charge >= 0.3 is 0 Å². The van der Waals surface area contributed by atoms with Crippen molar-refractivity contribution in [3.63, 3.8) is 0 Å². The van der Waals surface area contributed by atoms with E-state index < -0.39 is 15.8 Å². The lowest BCUT2D eigenvalue weighted by Gasteiger charge is -2.06. The first kappa shape index (κ1) is 18.1. The molecule has 0 saturated carbocycles. The second-order valence-corrected chi connectivity index (χ2v) is 7.43. The summed E-state index contributed by atoms with van der Waals surface area (Å²) >= 11 is 0. The molecule has 0 fully saturated rings. The first-order chi connectivity index (χ1) is 12.4. The number of likely N-dealkylation sites (N-methyl/N-ethyl adjacent to an activating group) is 1. The largest absolute Gasteiger partial charge is 0.356 e. The minimum Gasteiger partial charge on any atom is -0.356 e. The lowest BCUT2D eigenvalue weighted by atomic mass is 10.2. The summed E-state index contributed by atoms with van der Waals surface area (Å²) in [6.45, 7) is 1.98. The summed E-state index contributed by atoms with van der Waals surface area (Å²) in [5, 5.41) is 6.94. The highest BCUT2D eigenvalue weighted by Crippen LogP contribution is 2.23. The fourth-order valence-electron chi connectivity index (χ4n) is 2.22. The van der Waals surface area contributed by atoms with Crippen LogP contribution in [-0.4, -0.2) is 36.6 Å². The Bertz CT molecular complexity index is 999. The van der Waals surface area contributed by atoms with Crippen LogP contribution in [0.3, 0.4) is 0 Å². The summed E-state index contributed by atoms with van der Waals surface area (Å²) in [6, 6.07) is 7.05. The molecule has 0 aliphatic heterocycles. The Hall–Kier alpha value is -2.72. The van der Waals surface area contributed by atoms with Crippen molar-refractivity contribution in [2.75, 3.05) is 11.8 Å². The van der Waals surface area contributed by atoms with Gasteiger partial charge in [0.1, 0.15) is 16.4 Å². The van der Waals surface area contributed by atoms with Crippen LogP contribution in [0.5, 0.6) is 0 Å². The highest BCUT2D eigenvalue weighted by Gasteiger charge is 2.20. The first-order valence-corrected chi connectivity index (χ1v) is 9.33. The summed E-state index contributed by atoms with van der Waals surface area (Å²) in [5.74, 6) is 0.0213. The van der Waals surface area contributed by atoms with Crippen LogP contribution in [0.2, 0.25) is 0 Å². The third-order valence-corrected chi connectivity index (χ3v) is 5.11. The monoisotopic (exact) mass is 379 g/mol. The summed E-state index contributed by atoms with van der Waals surface area (Å²) in [7, 11) is -2.13. The number of H-pyrrole nitrogens is 1. The summed E-state index contributed by atoms with van der Waals surface area (Å²) in [6.07, 6.45) is 1.85. The number of benzene rings is 1. The summed E-state index contributed by atoms with van der Waals surface area (Å²) in [4.78, 5) is 6.95. The Labute approximate surface area is 149 Å². The summed E-state index contributed by atoms with van der Waals surface area (Å²) < 4.78 is 45.9. The van der Waals surface area contributed by atoms with Crippen molar-refractivity contribution in [3.05, 3.63) is 48.2 Å². The van der Waals surface area contributed by atoms with E-state index in [1.54, 1.807) is 0 Å². The Morgan fingerprint density at radius 3 is 2.85 bits per heavy atom. The Morgan fingerprint density at radius 1 is 1.35 bits per heavy atom.